The standard InChI is InChI=1S/C12H20N.C12H10.C9H13.C2H7Si.Ti/c1-10-3-9-4-11(2,6-10)8-12(13,5-9)7-10;1-3-7-11(8-4-1)12-9-5-2-6-10-12;1-6-5-7(2)9(4)8(6)3;1-3-2;/h9,13H,3-8H2,1-2H3;1-10H;6H,1-4H3;3H,1-2H3;/q-1;;;;+1. The zero-order chi connectivity index (χ0) is 27.3. The fourth-order valence-electron chi connectivity index (χ4n) is 9.46. The van der Waals surface area contributed by atoms with Crippen molar-refractivity contribution in [2.45, 2.75) is 98.7 Å². The molecule has 2 aromatic carbocycles. The van der Waals surface area contributed by atoms with E-state index in [0.717, 1.165) is 5.92 Å². The van der Waals surface area contributed by atoms with E-state index in [1.165, 1.54) is 49.7 Å². The van der Waals surface area contributed by atoms with Gasteiger partial charge in [-0.2, -0.15) is 0 Å². The van der Waals surface area contributed by atoms with E-state index in [1.54, 1.807) is 16.7 Å². The van der Waals surface area contributed by atoms with E-state index in [0.29, 0.717) is 22.3 Å². The Labute approximate surface area is 240 Å². The summed E-state index contributed by atoms with van der Waals surface area (Å²) in [6.07, 6.45) is 8.94. The summed E-state index contributed by atoms with van der Waals surface area (Å²) in [4.78, 5) is 0. The number of hydrogen-bond acceptors (Lipinski definition) is 1. The molecule has 4 fully saturated rings. The van der Waals surface area contributed by atoms with E-state index in [2.05, 4.69) is 107 Å². The van der Waals surface area contributed by atoms with Gasteiger partial charge in [-0.15, -0.1) is 0 Å². The quantitative estimate of drug-likeness (QED) is 0.359. The maximum Gasteiger partial charge on any atom is -0.0184 e. The van der Waals surface area contributed by atoms with Crippen LogP contribution in [-0.2, 0) is 17.4 Å². The fraction of sp³-hybridized carbons (Fsp3) is 0.543. The van der Waals surface area contributed by atoms with Gasteiger partial charge in [-0.25, -0.2) is 0 Å². The van der Waals surface area contributed by atoms with Crippen molar-refractivity contribution < 1.29 is 17.4 Å². The van der Waals surface area contributed by atoms with Crippen molar-refractivity contribution >= 4 is 6.66 Å². The molecule has 0 amide bonds. The van der Waals surface area contributed by atoms with Gasteiger partial charge in [-0.1, -0.05) is 60.7 Å². The van der Waals surface area contributed by atoms with Crippen LogP contribution in [0.2, 0.25) is 13.1 Å². The zero-order valence-electron chi connectivity index (χ0n) is 25.2. The Bertz CT molecular complexity index is 1160. The molecule has 4 saturated carbocycles. The van der Waals surface area contributed by atoms with Crippen LogP contribution in [0.25, 0.3) is 11.1 Å². The summed E-state index contributed by atoms with van der Waals surface area (Å²) in [5.41, 5.74) is 9.24. The summed E-state index contributed by atoms with van der Waals surface area (Å²) in [5.74, 6) is 1.71. The molecule has 0 aliphatic heterocycles. The van der Waals surface area contributed by atoms with Crippen LogP contribution in [0.15, 0.2) is 81.3 Å². The predicted molar refractivity (Wildman–Crippen MR) is 164 cm³/mol. The minimum atomic E-state index is -1.39. The Hall–Kier alpha value is -1.19. The second kappa shape index (κ2) is 10.7. The first-order valence-electron chi connectivity index (χ1n) is 15.1. The third-order valence-electron chi connectivity index (χ3n) is 10.4. The first-order valence-corrected chi connectivity index (χ1v) is 22.2. The monoisotopic (exact) mass is 560 g/mol. The van der Waals surface area contributed by atoms with E-state index in [4.69, 9.17) is 0 Å². The number of rotatable bonds is 5. The summed E-state index contributed by atoms with van der Waals surface area (Å²) >= 11 is -1.39. The van der Waals surface area contributed by atoms with Crippen LogP contribution in [0.5, 0.6) is 0 Å². The largest absolute Gasteiger partial charge is 0.0622 e. The SMILES string of the molecule is CC1=C(C)C(C)[C]([Ti]([NH]C23CC4CC(C)(CC(C)(C4)C2)C3)[SiH](C)C)=C1C.c1ccc(-c2ccccc2)cc1. The van der Waals surface area contributed by atoms with Gasteiger partial charge < -0.3 is 0 Å². The number of allylic oxidation sites excluding steroid dienone is 4. The van der Waals surface area contributed by atoms with Gasteiger partial charge in [0.15, 0.2) is 0 Å². The van der Waals surface area contributed by atoms with Crippen molar-refractivity contribution in [3.63, 3.8) is 0 Å². The first kappa shape index (κ1) is 28.3. The minimum Gasteiger partial charge on any atom is -0.0622 e. The predicted octanol–water partition coefficient (Wildman–Crippen LogP) is 9.46. The van der Waals surface area contributed by atoms with E-state index in [-0.39, 0.29) is 0 Å². The molecule has 0 saturated heterocycles. The average Bonchev–Trinajstić information content (AvgIpc) is 3.04. The molecular weight excluding hydrogens is 510 g/mol. The third-order valence-corrected chi connectivity index (χ3v) is 22.3. The molecule has 0 radical (unpaired) electrons. The Balaban J connectivity index is 0.000000204. The average molecular weight is 561 g/mol. The molecule has 0 aromatic heterocycles. The van der Waals surface area contributed by atoms with E-state index < -0.39 is 24.0 Å². The summed E-state index contributed by atoms with van der Waals surface area (Å²) in [6.45, 7) is 19.6. The summed E-state index contributed by atoms with van der Waals surface area (Å²) in [6, 6.07) is 20.8. The number of benzene rings is 2. The van der Waals surface area contributed by atoms with Gasteiger partial charge in [0, 0.05) is 0 Å². The molecule has 38 heavy (non-hydrogen) atoms. The van der Waals surface area contributed by atoms with Gasteiger partial charge in [-0.05, 0) is 11.1 Å². The molecule has 3 unspecified atom stereocenters. The third kappa shape index (κ3) is 5.53. The summed E-state index contributed by atoms with van der Waals surface area (Å²) in [5, 5.41) is 0. The first-order chi connectivity index (χ1) is 17.9. The van der Waals surface area contributed by atoms with Crippen LogP contribution < -0.4 is 3.80 Å². The van der Waals surface area contributed by atoms with E-state index in [9.17, 15) is 0 Å². The fourth-order valence-corrected chi connectivity index (χ4v) is 21.3. The van der Waals surface area contributed by atoms with Crippen molar-refractivity contribution in [1.29, 1.82) is 0 Å². The number of hydrogen-bond donors (Lipinski definition) is 1. The maximum atomic E-state index is 4.60. The van der Waals surface area contributed by atoms with Crippen molar-refractivity contribution in [1.82, 2.24) is 3.80 Å². The van der Waals surface area contributed by atoms with Crippen molar-refractivity contribution in [3.8, 4) is 11.1 Å². The van der Waals surface area contributed by atoms with Gasteiger partial charge in [0.25, 0.3) is 0 Å². The normalized spacial score (nSPS) is 33.6. The van der Waals surface area contributed by atoms with Crippen LogP contribution in [0.1, 0.15) is 80.1 Å². The van der Waals surface area contributed by atoms with Gasteiger partial charge in [0.05, 0.1) is 0 Å². The molecule has 1 nitrogen and oxygen atoms in total. The van der Waals surface area contributed by atoms with Gasteiger partial charge >= 0.3 is 170 Å². The minimum absolute atomic E-state index is 0.493. The summed E-state index contributed by atoms with van der Waals surface area (Å²) in [7, 11) is 0. The smallest absolute Gasteiger partial charge is 0.0184 e. The van der Waals surface area contributed by atoms with Crippen LogP contribution in [0.3, 0.4) is 0 Å². The molecule has 0 spiro atoms. The van der Waals surface area contributed by atoms with E-state index in [1.807, 2.05) is 16.0 Å². The molecule has 1 N–H and O–H groups in total. The molecule has 3 atom stereocenters. The Morgan fingerprint density at radius 3 is 1.63 bits per heavy atom. The van der Waals surface area contributed by atoms with Crippen molar-refractivity contribution in [2.75, 3.05) is 0 Å². The Morgan fingerprint density at radius 2 is 1.24 bits per heavy atom. The second-order valence-corrected chi connectivity index (χ2v) is 27.0. The molecule has 5 aliphatic rings. The van der Waals surface area contributed by atoms with Crippen LogP contribution in [0.4, 0.5) is 0 Å². The maximum absolute atomic E-state index is 4.60. The van der Waals surface area contributed by atoms with Crippen molar-refractivity contribution in [3.05, 3.63) is 81.3 Å². The molecule has 0 heterocycles. The molecular formula is C35H50NSiTi. The second-order valence-electron chi connectivity index (χ2n) is 14.4. The van der Waals surface area contributed by atoms with Gasteiger partial charge in [-0.3, -0.25) is 0 Å². The van der Waals surface area contributed by atoms with Crippen LogP contribution in [0, 0.1) is 22.7 Å². The molecule has 2 aromatic rings. The Kier molecular flexibility index (Phi) is 7.95. The van der Waals surface area contributed by atoms with Crippen LogP contribution >= 0.6 is 0 Å². The molecule has 7 rings (SSSR count). The molecule has 4 bridgehead atoms. The number of nitrogens with one attached hydrogen (secondary N) is 1. The van der Waals surface area contributed by atoms with E-state index >= 15 is 0 Å². The molecule has 5 aliphatic carbocycles. The zero-order valence-corrected chi connectivity index (χ0v) is 28.0. The molecule has 203 valence electrons. The van der Waals surface area contributed by atoms with Gasteiger partial charge in [0.1, 0.15) is 0 Å². The summed E-state index contributed by atoms with van der Waals surface area (Å²) < 4.78 is 6.52. The Morgan fingerprint density at radius 1 is 0.737 bits per heavy atom. The van der Waals surface area contributed by atoms with Crippen LogP contribution in [-0.4, -0.2) is 12.2 Å². The topological polar surface area (TPSA) is 12.0 Å². The van der Waals surface area contributed by atoms with Crippen molar-refractivity contribution in [2.24, 2.45) is 22.7 Å². The molecule has 3 heteroatoms. The van der Waals surface area contributed by atoms with Gasteiger partial charge in [0.2, 0.25) is 0 Å².